The predicted octanol–water partition coefficient (Wildman–Crippen LogP) is -3.98. The molecule has 0 aliphatic heterocycles. The molecule has 0 aliphatic carbocycles. The van der Waals surface area contributed by atoms with Crippen molar-refractivity contribution in [2.45, 2.75) is 19.8 Å². The van der Waals surface area contributed by atoms with Crippen LogP contribution in [0.25, 0.3) is 0 Å². The van der Waals surface area contributed by atoms with Gasteiger partial charge in [0.05, 0.1) is 0 Å². The number of carbonyl (C=O) groups is 1. The fraction of sp³-hybridized carbons (Fsp3) is 0.857. The fourth-order valence-electron chi connectivity index (χ4n) is 0.502. The summed E-state index contributed by atoms with van der Waals surface area (Å²) < 4.78 is 6.99. The van der Waals surface area contributed by atoms with Crippen LogP contribution in [0.4, 0.5) is 4.79 Å². The maximum absolute atomic E-state index is 11.0. The Morgan fingerprint density at radius 3 is 2.83 bits per heavy atom. The van der Waals surface area contributed by atoms with Gasteiger partial charge in [0.2, 0.25) is 0 Å². The second kappa shape index (κ2) is 10.7. The summed E-state index contributed by atoms with van der Waals surface area (Å²) in [6, 6.07) is 0. The Kier molecular flexibility index (Phi) is 12.2. The van der Waals surface area contributed by atoms with Crippen molar-refractivity contribution in [2.24, 2.45) is 0 Å². The molecule has 0 aromatic rings. The second-order valence-electron chi connectivity index (χ2n) is 1.99. The van der Waals surface area contributed by atoms with Crippen molar-refractivity contribution in [1.82, 2.24) is 3.53 Å². The number of halogens is 3. The molecule has 0 aromatic heterocycles. The third kappa shape index (κ3) is 9.75. The number of carbonyl (C=O) groups excluding carboxylic acids is 1. The second-order valence-corrected chi connectivity index (χ2v) is 8.72. The van der Waals surface area contributed by atoms with E-state index < -0.39 is 0 Å². The van der Waals surface area contributed by atoms with E-state index in [1.165, 1.54) is 21.7 Å². The average molecular weight is 509 g/mol. The van der Waals surface area contributed by atoms with E-state index in [0.717, 1.165) is 4.43 Å². The number of unbranched alkanes of at least 4 members (excludes halogenated alkanes) is 1. The van der Waals surface area contributed by atoms with E-state index in [4.69, 9.17) is 0 Å². The maximum atomic E-state index is 11.0. The number of amides is 1. The van der Waals surface area contributed by atoms with Crippen LogP contribution in [0.2, 0.25) is 0 Å². The first-order valence-electron chi connectivity index (χ1n) is 3.84. The SMILES string of the molecule is CC[I-]C(=O)N[I-]CCCCI. The monoisotopic (exact) mass is 509 g/mol. The summed E-state index contributed by atoms with van der Waals surface area (Å²) in [6.45, 7) is 2.08. The molecule has 0 atom stereocenters. The van der Waals surface area contributed by atoms with E-state index in [1.54, 1.807) is 0 Å². The Hall–Kier alpha value is 1.66. The number of nitrogens with one attached hydrogen (secondary N) is 1. The first-order valence-corrected chi connectivity index (χ1v) is 10.6. The number of hydrogen-bond donors (Lipinski definition) is 1. The zero-order valence-electron chi connectivity index (χ0n) is 7.08. The summed E-state index contributed by atoms with van der Waals surface area (Å²) >= 11 is 2.20. The van der Waals surface area contributed by atoms with Crippen LogP contribution < -0.4 is 46.2 Å². The molecular weight excluding hydrogens is 495 g/mol. The van der Waals surface area contributed by atoms with Crippen molar-refractivity contribution < 1.29 is 47.5 Å². The molecule has 0 aromatic carbocycles. The van der Waals surface area contributed by atoms with Gasteiger partial charge in [-0.05, 0) is 0 Å². The quantitative estimate of drug-likeness (QED) is 0.0933. The van der Waals surface area contributed by atoms with Crippen molar-refractivity contribution in [3.63, 3.8) is 0 Å². The Morgan fingerprint density at radius 1 is 1.50 bits per heavy atom. The summed E-state index contributed by atoms with van der Waals surface area (Å²) in [5, 5.41) is 0. The van der Waals surface area contributed by atoms with Crippen LogP contribution in [0.15, 0.2) is 0 Å². The summed E-state index contributed by atoms with van der Waals surface area (Å²) in [5.41, 5.74) is 0. The van der Waals surface area contributed by atoms with Gasteiger partial charge in [0.25, 0.3) is 0 Å². The minimum absolute atomic E-state index is 0.0158. The average Bonchev–Trinajstić information content (AvgIpc) is 2.05. The van der Waals surface area contributed by atoms with Gasteiger partial charge < -0.3 is 0 Å². The van der Waals surface area contributed by atoms with E-state index in [2.05, 4.69) is 33.0 Å². The van der Waals surface area contributed by atoms with Crippen molar-refractivity contribution >= 4 is 26.5 Å². The van der Waals surface area contributed by atoms with Gasteiger partial charge in [-0.25, -0.2) is 0 Å². The van der Waals surface area contributed by atoms with Gasteiger partial charge in [-0.1, -0.05) is 0 Å². The van der Waals surface area contributed by atoms with Crippen molar-refractivity contribution in [2.75, 3.05) is 13.3 Å². The van der Waals surface area contributed by atoms with E-state index in [0.29, 0.717) is 3.91 Å². The molecule has 1 N–H and O–H groups in total. The molecule has 12 heavy (non-hydrogen) atoms. The zero-order chi connectivity index (χ0) is 9.23. The molecule has 0 fully saturated rings. The summed E-state index contributed by atoms with van der Waals surface area (Å²) in [5.74, 6) is 0. The van der Waals surface area contributed by atoms with Crippen molar-refractivity contribution in [3.8, 4) is 0 Å². The van der Waals surface area contributed by atoms with E-state index >= 15 is 0 Å². The Bertz CT molecular complexity index is 121. The van der Waals surface area contributed by atoms with Gasteiger partial charge in [0.1, 0.15) is 0 Å². The molecule has 0 spiro atoms. The molecule has 76 valence electrons. The molecule has 0 saturated carbocycles. The van der Waals surface area contributed by atoms with Crippen LogP contribution in [-0.4, -0.2) is 17.2 Å². The van der Waals surface area contributed by atoms with Crippen LogP contribution in [0.5, 0.6) is 0 Å². The topological polar surface area (TPSA) is 29.1 Å². The van der Waals surface area contributed by atoms with Gasteiger partial charge >= 0.3 is 111 Å². The third-order valence-electron chi connectivity index (χ3n) is 1.01. The predicted molar refractivity (Wildman–Crippen MR) is 52.1 cm³/mol. The normalized spacial score (nSPS) is 10.5. The molecule has 0 heterocycles. The first kappa shape index (κ1) is 13.7. The molecule has 0 saturated heterocycles. The fourth-order valence-corrected chi connectivity index (χ4v) is 5.30. The molecule has 0 bridgehead atoms. The molecular formula is C7H14I3NO-2. The number of rotatable bonds is 7. The van der Waals surface area contributed by atoms with Gasteiger partial charge in [-0.15, -0.1) is 0 Å². The molecule has 5 heteroatoms. The van der Waals surface area contributed by atoms with Crippen LogP contribution in [0.3, 0.4) is 0 Å². The summed E-state index contributed by atoms with van der Waals surface area (Å²) in [6.07, 6.45) is 2.60. The number of alkyl halides is 3. The Morgan fingerprint density at radius 2 is 2.25 bits per heavy atom. The van der Waals surface area contributed by atoms with Gasteiger partial charge in [0, 0.05) is 0 Å². The third-order valence-corrected chi connectivity index (χ3v) is 6.70. The zero-order valence-corrected chi connectivity index (χ0v) is 13.6. The molecule has 0 aliphatic rings. The molecule has 1 amide bonds. The standard InChI is InChI=1S/C7H14I3NO/c1-2-9-7(12)11-10-6-4-3-5-8/h2-6H2,1H3,(H,11,12)/q-2. The Labute approximate surface area is 109 Å². The van der Waals surface area contributed by atoms with Crippen molar-refractivity contribution in [3.05, 3.63) is 0 Å². The first-order chi connectivity index (χ1) is 5.81. The minimum atomic E-state index is -0.185. The molecule has 0 unspecified atom stereocenters. The molecule has 0 radical (unpaired) electrons. The van der Waals surface area contributed by atoms with Gasteiger partial charge in [-0.3, -0.25) is 0 Å². The van der Waals surface area contributed by atoms with Crippen LogP contribution in [0, 0.1) is 0 Å². The van der Waals surface area contributed by atoms with E-state index in [9.17, 15) is 4.79 Å². The van der Waals surface area contributed by atoms with Crippen molar-refractivity contribution in [1.29, 1.82) is 0 Å². The van der Waals surface area contributed by atoms with Gasteiger partial charge in [-0.2, -0.15) is 0 Å². The van der Waals surface area contributed by atoms with Crippen LogP contribution >= 0.6 is 22.6 Å². The summed E-state index contributed by atoms with van der Waals surface area (Å²) in [7, 11) is 0. The number of hydrogen-bond acceptors (Lipinski definition) is 1. The van der Waals surface area contributed by atoms with E-state index in [-0.39, 0.29) is 42.7 Å². The van der Waals surface area contributed by atoms with E-state index in [1.807, 2.05) is 0 Å². The van der Waals surface area contributed by atoms with Crippen LogP contribution in [0.1, 0.15) is 19.8 Å². The molecule has 0 rings (SSSR count). The molecule has 2 nitrogen and oxygen atoms in total. The summed E-state index contributed by atoms with van der Waals surface area (Å²) in [4.78, 5) is 11.0. The Balaban J connectivity index is 3.03. The van der Waals surface area contributed by atoms with Crippen LogP contribution in [-0.2, 0) is 0 Å². The van der Waals surface area contributed by atoms with Gasteiger partial charge in [0.15, 0.2) is 0 Å².